The molecule has 0 spiro atoms. The van der Waals surface area contributed by atoms with Gasteiger partial charge in [-0.1, -0.05) is 23.2 Å². The topological polar surface area (TPSA) is 97.8 Å². The van der Waals surface area contributed by atoms with Crippen LogP contribution in [0.3, 0.4) is 0 Å². The smallest absolute Gasteiger partial charge is 0.343 e. The van der Waals surface area contributed by atoms with E-state index in [1.807, 2.05) is 0 Å². The maximum Gasteiger partial charge on any atom is 0.343 e. The molecule has 3 N–H and O–H groups in total. The zero-order valence-corrected chi connectivity index (χ0v) is 15.7. The van der Waals surface area contributed by atoms with Crippen molar-refractivity contribution in [3.63, 3.8) is 0 Å². The van der Waals surface area contributed by atoms with Crippen molar-refractivity contribution in [2.24, 2.45) is 4.99 Å². The number of benzene rings is 1. The molecule has 0 unspecified atom stereocenters. The first-order valence-electron chi connectivity index (χ1n) is 7.56. The quantitative estimate of drug-likeness (QED) is 0.136. The standard InChI is InChI=1S/C17H12Cl2F3N3O3/c1-2-28-17(27)9(6-24-7-3-11(23)16(19)25-5-7)15(26)8-4-10(20)14(22)12(18)13(8)21/h3-6,26H,2,23H2,1H3. The van der Waals surface area contributed by atoms with Crippen LogP contribution in [-0.4, -0.2) is 28.9 Å². The Bertz CT molecular complexity index is 997. The number of aliphatic hydroxyl groups excluding tert-OH is 1. The van der Waals surface area contributed by atoms with Crippen LogP contribution in [0.1, 0.15) is 12.5 Å². The number of nitrogens with two attached hydrogens (primary N) is 1. The Morgan fingerprint density at radius 3 is 2.61 bits per heavy atom. The number of hydrogen-bond donors (Lipinski definition) is 2. The fourth-order valence-corrected chi connectivity index (χ4v) is 2.27. The van der Waals surface area contributed by atoms with Gasteiger partial charge in [0.05, 0.1) is 29.7 Å². The van der Waals surface area contributed by atoms with E-state index in [0.717, 1.165) is 6.21 Å². The first-order chi connectivity index (χ1) is 13.2. The van der Waals surface area contributed by atoms with E-state index in [4.69, 9.17) is 33.7 Å². The number of carbonyl (C=O) groups excluding carboxylic acids is 1. The second kappa shape index (κ2) is 8.94. The van der Waals surface area contributed by atoms with E-state index in [1.165, 1.54) is 19.2 Å². The minimum Gasteiger partial charge on any atom is -0.506 e. The van der Waals surface area contributed by atoms with E-state index >= 15 is 0 Å². The largest absolute Gasteiger partial charge is 0.506 e. The van der Waals surface area contributed by atoms with Crippen molar-refractivity contribution in [2.75, 3.05) is 12.3 Å². The van der Waals surface area contributed by atoms with Crippen LogP contribution in [0.4, 0.5) is 24.5 Å². The molecule has 0 aliphatic rings. The molecule has 6 nitrogen and oxygen atoms in total. The highest BCUT2D eigenvalue weighted by atomic mass is 35.5. The van der Waals surface area contributed by atoms with Gasteiger partial charge in [-0.2, -0.15) is 0 Å². The van der Waals surface area contributed by atoms with Crippen molar-refractivity contribution in [1.29, 1.82) is 0 Å². The van der Waals surface area contributed by atoms with Gasteiger partial charge in [0.25, 0.3) is 0 Å². The summed E-state index contributed by atoms with van der Waals surface area (Å²) in [4.78, 5) is 19.8. The molecule has 0 fully saturated rings. The predicted molar refractivity (Wildman–Crippen MR) is 99.3 cm³/mol. The molecule has 148 valence electrons. The Kier molecular flexibility index (Phi) is 6.87. The van der Waals surface area contributed by atoms with Crippen LogP contribution in [0.25, 0.3) is 5.76 Å². The molecule has 2 aromatic rings. The van der Waals surface area contributed by atoms with E-state index in [2.05, 4.69) is 9.98 Å². The number of halogens is 5. The molecule has 0 saturated carbocycles. The number of carbonyl (C=O) groups is 1. The molecule has 0 atom stereocenters. The average molecular weight is 434 g/mol. The lowest BCUT2D eigenvalue weighted by Gasteiger charge is -2.09. The lowest BCUT2D eigenvalue weighted by molar-refractivity contribution is -0.137. The van der Waals surface area contributed by atoms with Gasteiger partial charge in [0.2, 0.25) is 0 Å². The van der Waals surface area contributed by atoms with Crippen LogP contribution >= 0.6 is 23.2 Å². The van der Waals surface area contributed by atoms with Gasteiger partial charge in [-0.3, -0.25) is 4.99 Å². The summed E-state index contributed by atoms with van der Waals surface area (Å²) in [7, 11) is 0. The second-order valence-electron chi connectivity index (χ2n) is 5.16. The van der Waals surface area contributed by atoms with E-state index in [-0.39, 0.29) is 23.1 Å². The van der Waals surface area contributed by atoms with Crippen molar-refractivity contribution >= 4 is 52.5 Å². The van der Waals surface area contributed by atoms with Gasteiger partial charge in [-0.25, -0.2) is 22.9 Å². The highest BCUT2D eigenvalue weighted by Gasteiger charge is 2.24. The van der Waals surface area contributed by atoms with Crippen LogP contribution < -0.4 is 5.73 Å². The van der Waals surface area contributed by atoms with Crippen molar-refractivity contribution in [3.8, 4) is 0 Å². The second-order valence-corrected chi connectivity index (χ2v) is 5.90. The minimum atomic E-state index is -1.63. The normalized spacial score (nSPS) is 12.2. The van der Waals surface area contributed by atoms with Crippen LogP contribution in [0.2, 0.25) is 10.2 Å². The number of pyridine rings is 1. The molecule has 0 bridgehead atoms. The molecule has 0 radical (unpaired) electrons. The molecule has 0 saturated heterocycles. The Morgan fingerprint density at radius 2 is 2.00 bits per heavy atom. The number of aliphatic hydroxyl groups is 1. The molecule has 2 rings (SSSR count). The summed E-state index contributed by atoms with van der Waals surface area (Å²) < 4.78 is 45.9. The highest BCUT2D eigenvalue weighted by molar-refractivity contribution is 6.32. The molecule has 1 heterocycles. The maximum absolute atomic E-state index is 14.2. The number of nitrogen functional groups attached to an aromatic ring is 1. The van der Waals surface area contributed by atoms with Crippen LogP contribution in [0.5, 0.6) is 0 Å². The molecule has 0 aliphatic heterocycles. The number of nitrogens with zero attached hydrogens (tertiary/aromatic N) is 2. The van der Waals surface area contributed by atoms with Gasteiger partial charge in [0.1, 0.15) is 16.4 Å². The number of aromatic nitrogens is 1. The van der Waals surface area contributed by atoms with Gasteiger partial charge < -0.3 is 15.6 Å². The first-order valence-corrected chi connectivity index (χ1v) is 8.31. The van der Waals surface area contributed by atoms with Crippen LogP contribution in [0.15, 0.2) is 28.9 Å². The van der Waals surface area contributed by atoms with Gasteiger partial charge in [-0.15, -0.1) is 0 Å². The molecule has 11 heteroatoms. The molecule has 1 aromatic carbocycles. The fraction of sp³-hybridized carbons (Fsp3) is 0.118. The van der Waals surface area contributed by atoms with Crippen molar-refractivity contribution < 1.29 is 27.8 Å². The molecule has 1 aromatic heterocycles. The van der Waals surface area contributed by atoms with E-state index < -0.39 is 45.3 Å². The van der Waals surface area contributed by atoms with Gasteiger partial charge in [0, 0.05) is 6.21 Å². The Morgan fingerprint density at radius 1 is 1.32 bits per heavy atom. The number of hydrogen-bond acceptors (Lipinski definition) is 6. The third kappa shape index (κ3) is 4.55. The summed E-state index contributed by atoms with van der Waals surface area (Å²) in [6, 6.07) is 1.67. The van der Waals surface area contributed by atoms with Crippen molar-refractivity contribution in [3.05, 3.63) is 57.1 Å². The predicted octanol–water partition coefficient (Wildman–Crippen LogP) is 4.62. The van der Waals surface area contributed by atoms with E-state index in [0.29, 0.717) is 6.07 Å². The number of esters is 1. The average Bonchev–Trinajstić information content (AvgIpc) is 2.66. The van der Waals surface area contributed by atoms with Crippen LogP contribution in [-0.2, 0) is 9.53 Å². The third-order valence-corrected chi connectivity index (χ3v) is 3.95. The zero-order chi connectivity index (χ0) is 21.0. The van der Waals surface area contributed by atoms with E-state index in [1.54, 1.807) is 0 Å². The van der Waals surface area contributed by atoms with Crippen molar-refractivity contribution in [1.82, 2.24) is 4.98 Å². The summed E-state index contributed by atoms with van der Waals surface area (Å²) >= 11 is 11.1. The van der Waals surface area contributed by atoms with Crippen LogP contribution in [0, 0.1) is 17.5 Å². The first kappa shape index (κ1) is 21.5. The van der Waals surface area contributed by atoms with Crippen molar-refractivity contribution in [2.45, 2.75) is 6.92 Å². The SMILES string of the molecule is CCOC(=O)C(C=Nc1cnc(Cl)c(N)c1)=C(O)c1cc(F)c(F)c(Cl)c1F. The minimum absolute atomic E-state index is 0.0291. The third-order valence-electron chi connectivity index (χ3n) is 3.30. The lowest BCUT2D eigenvalue weighted by atomic mass is 10.1. The number of ether oxygens (including phenoxy) is 1. The zero-order valence-electron chi connectivity index (χ0n) is 14.1. The molecular formula is C17H12Cl2F3N3O3. The summed E-state index contributed by atoms with van der Waals surface area (Å²) in [6.45, 7) is 1.41. The molecular weight excluding hydrogens is 422 g/mol. The maximum atomic E-state index is 14.2. The Hall–Kier alpha value is -2.78. The van der Waals surface area contributed by atoms with Gasteiger partial charge in [0.15, 0.2) is 22.6 Å². The molecule has 0 amide bonds. The summed E-state index contributed by atoms with van der Waals surface area (Å²) in [6.07, 6.45) is 2.04. The highest BCUT2D eigenvalue weighted by Crippen LogP contribution is 2.29. The lowest BCUT2D eigenvalue weighted by Crippen LogP contribution is -2.12. The number of aliphatic imine (C=N–C) groups is 1. The monoisotopic (exact) mass is 433 g/mol. The van der Waals surface area contributed by atoms with Gasteiger partial charge in [-0.05, 0) is 19.1 Å². The fourth-order valence-electron chi connectivity index (χ4n) is 1.97. The molecule has 28 heavy (non-hydrogen) atoms. The molecule has 0 aliphatic carbocycles. The van der Waals surface area contributed by atoms with E-state index in [9.17, 15) is 23.1 Å². The summed E-state index contributed by atoms with van der Waals surface area (Å²) in [5.74, 6) is -6.78. The summed E-state index contributed by atoms with van der Waals surface area (Å²) in [5.41, 5.74) is 4.33. The van der Waals surface area contributed by atoms with Gasteiger partial charge >= 0.3 is 5.97 Å². The number of rotatable bonds is 5. The summed E-state index contributed by atoms with van der Waals surface area (Å²) in [5, 5.41) is 9.16. The Labute approximate surface area is 167 Å². The number of anilines is 1. The Balaban J connectivity index is 2.60.